The predicted octanol–water partition coefficient (Wildman–Crippen LogP) is 2.80. The molecule has 1 atom stereocenters. The first-order valence-corrected chi connectivity index (χ1v) is 8.78. The number of nitrogens with zero attached hydrogens (tertiary/aromatic N) is 1. The van der Waals surface area contributed by atoms with E-state index in [1.807, 2.05) is 17.5 Å². The van der Waals surface area contributed by atoms with Crippen LogP contribution < -0.4 is 5.32 Å². The van der Waals surface area contributed by atoms with Crippen molar-refractivity contribution < 1.29 is 9.59 Å². The first-order valence-electron chi connectivity index (χ1n) is 7.90. The minimum atomic E-state index is -0.276. The highest BCUT2D eigenvalue weighted by atomic mass is 32.1. The molecule has 1 aromatic heterocycles. The number of carbonyl (C=O) groups excluding carboxylic acids is 2. The van der Waals surface area contributed by atoms with E-state index in [2.05, 4.69) is 5.32 Å². The summed E-state index contributed by atoms with van der Waals surface area (Å²) < 4.78 is 0. The Morgan fingerprint density at radius 1 is 1.14 bits per heavy atom. The Hall–Kier alpha value is -1.36. The molecule has 0 aromatic carbocycles. The highest BCUT2D eigenvalue weighted by Crippen LogP contribution is 2.23. The Bertz CT molecular complexity index is 494. The monoisotopic (exact) mass is 306 g/mol. The van der Waals surface area contributed by atoms with Gasteiger partial charge in [-0.3, -0.25) is 9.59 Å². The average molecular weight is 306 g/mol. The van der Waals surface area contributed by atoms with Crippen molar-refractivity contribution in [1.29, 1.82) is 0 Å². The highest BCUT2D eigenvalue weighted by Gasteiger charge is 2.35. The molecule has 0 bridgehead atoms. The van der Waals surface area contributed by atoms with E-state index in [1.165, 1.54) is 30.6 Å². The molecule has 1 unspecified atom stereocenters. The third-order valence-electron chi connectivity index (χ3n) is 4.50. The van der Waals surface area contributed by atoms with Crippen LogP contribution in [-0.4, -0.2) is 35.3 Å². The third-order valence-corrected chi connectivity index (χ3v) is 5.36. The quantitative estimate of drug-likeness (QED) is 0.933. The number of rotatable bonds is 3. The molecule has 1 aliphatic carbocycles. The minimum absolute atomic E-state index is 0.00583. The summed E-state index contributed by atoms with van der Waals surface area (Å²) in [6.45, 7) is 0.694. The molecule has 1 saturated heterocycles. The Labute approximate surface area is 129 Å². The zero-order valence-electron chi connectivity index (χ0n) is 12.2. The largest absolute Gasteiger partial charge is 0.352 e. The van der Waals surface area contributed by atoms with E-state index < -0.39 is 0 Å². The summed E-state index contributed by atoms with van der Waals surface area (Å²) in [5, 5.41) is 5.06. The molecule has 4 nitrogen and oxygen atoms in total. The number of carbonyl (C=O) groups is 2. The summed E-state index contributed by atoms with van der Waals surface area (Å²) in [5.74, 6) is 0.0515. The summed E-state index contributed by atoms with van der Waals surface area (Å²) in [6.07, 6.45) is 7.55. The lowest BCUT2D eigenvalue weighted by atomic mass is 9.95. The summed E-state index contributed by atoms with van der Waals surface area (Å²) in [5.41, 5.74) is 0. The van der Waals surface area contributed by atoms with Gasteiger partial charge in [0.2, 0.25) is 5.91 Å². The molecule has 0 spiro atoms. The number of hydrogen-bond acceptors (Lipinski definition) is 3. The van der Waals surface area contributed by atoms with E-state index in [1.54, 1.807) is 4.90 Å². The summed E-state index contributed by atoms with van der Waals surface area (Å²) in [4.78, 5) is 27.5. The van der Waals surface area contributed by atoms with Crippen molar-refractivity contribution in [2.75, 3.05) is 6.54 Å². The van der Waals surface area contributed by atoms with Crippen LogP contribution >= 0.6 is 11.3 Å². The Balaban J connectivity index is 1.63. The van der Waals surface area contributed by atoms with Gasteiger partial charge in [-0.1, -0.05) is 25.3 Å². The second-order valence-electron chi connectivity index (χ2n) is 5.98. The van der Waals surface area contributed by atoms with Crippen molar-refractivity contribution in [2.45, 2.75) is 57.0 Å². The molecule has 1 saturated carbocycles. The normalized spacial score (nSPS) is 23.2. The van der Waals surface area contributed by atoms with Gasteiger partial charge in [0.15, 0.2) is 0 Å². The zero-order chi connectivity index (χ0) is 14.7. The Kier molecular flexibility index (Phi) is 4.58. The second kappa shape index (κ2) is 6.60. The van der Waals surface area contributed by atoms with E-state index in [-0.39, 0.29) is 17.9 Å². The number of nitrogens with one attached hydrogen (secondary N) is 1. The van der Waals surface area contributed by atoms with Crippen LogP contribution in [0.3, 0.4) is 0 Å². The summed E-state index contributed by atoms with van der Waals surface area (Å²) in [6, 6.07) is 3.75. The molecule has 1 N–H and O–H groups in total. The van der Waals surface area contributed by atoms with Gasteiger partial charge in [-0.2, -0.15) is 0 Å². The molecule has 1 aromatic rings. The molecule has 2 aliphatic rings. The molecule has 114 valence electrons. The summed E-state index contributed by atoms with van der Waals surface area (Å²) in [7, 11) is 0. The fourth-order valence-corrected chi connectivity index (χ4v) is 4.05. The van der Waals surface area contributed by atoms with E-state index in [0.29, 0.717) is 12.6 Å². The van der Waals surface area contributed by atoms with Crippen molar-refractivity contribution in [1.82, 2.24) is 10.2 Å². The van der Waals surface area contributed by atoms with Crippen molar-refractivity contribution in [3.05, 3.63) is 22.4 Å². The van der Waals surface area contributed by atoms with Crippen molar-refractivity contribution in [2.24, 2.45) is 0 Å². The Morgan fingerprint density at radius 2 is 1.95 bits per heavy atom. The van der Waals surface area contributed by atoms with Crippen LogP contribution in [0.2, 0.25) is 0 Å². The van der Waals surface area contributed by atoms with Crippen molar-refractivity contribution in [3.63, 3.8) is 0 Å². The number of thiophene rings is 1. The molecule has 3 rings (SSSR count). The van der Waals surface area contributed by atoms with Crippen LogP contribution in [-0.2, 0) is 4.79 Å². The zero-order valence-corrected chi connectivity index (χ0v) is 13.0. The molecule has 2 heterocycles. The van der Waals surface area contributed by atoms with Gasteiger partial charge in [0.1, 0.15) is 6.04 Å². The van der Waals surface area contributed by atoms with Gasteiger partial charge >= 0.3 is 0 Å². The fourth-order valence-electron chi connectivity index (χ4n) is 3.37. The topological polar surface area (TPSA) is 49.4 Å². The number of likely N-dealkylation sites (tertiary alicyclic amines) is 1. The van der Waals surface area contributed by atoms with Crippen LogP contribution in [0.4, 0.5) is 0 Å². The summed E-state index contributed by atoms with van der Waals surface area (Å²) >= 11 is 1.44. The molecule has 2 amide bonds. The highest BCUT2D eigenvalue weighted by molar-refractivity contribution is 7.12. The number of amides is 2. The standard InChI is InChI=1S/C16H22N2O2S/c19-15(17-12-6-2-1-3-7-12)13-8-4-10-18(13)16(20)14-9-5-11-21-14/h5,9,11-13H,1-4,6-8,10H2,(H,17,19). The lowest BCUT2D eigenvalue weighted by Crippen LogP contribution is -2.49. The van der Waals surface area contributed by atoms with Gasteiger partial charge < -0.3 is 10.2 Å². The molecule has 21 heavy (non-hydrogen) atoms. The van der Waals surface area contributed by atoms with Gasteiger partial charge in [-0.15, -0.1) is 11.3 Å². The first kappa shape index (κ1) is 14.6. The Morgan fingerprint density at radius 3 is 2.67 bits per heavy atom. The third kappa shape index (κ3) is 3.28. The maximum Gasteiger partial charge on any atom is 0.264 e. The van der Waals surface area contributed by atoms with Crippen LogP contribution in [0.25, 0.3) is 0 Å². The molecule has 1 aliphatic heterocycles. The van der Waals surface area contributed by atoms with Crippen molar-refractivity contribution >= 4 is 23.2 Å². The maximum absolute atomic E-state index is 12.5. The van der Waals surface area contributed by atoms with Crippen molar-refractivity contribution in [3.8, 4) is 0 Å². The lowest BCUT2D eigenvalue weighted by molar-refractivity contribution is -0.125. The van der Waals surface area contributed by atoms with Gasteiger partial charge in [0.05, 0.1) is 4.88 Å². The van der Waals surface area contributed by atoms with Gasteiger partial charge in [0.25, 0.3) is 5.91 Å². The first-order chi connectivity index (χ1) is 10.3. The predicted molar refractivity (Wildman–Crippen MR) is 83.4 cm³/mol. The van der Waals surface area contributed by atoms with Crippen LogP contribution in [0.1, 0.15) is 54.6 Å². The smallest absolute Gasteiger partial charge is 0.264 e. The maximum atomic E-state index is 12.5. The molecular formula is C16H22N2O2S. The SMILES string of the molecule is O=C(NC1CCCCC1)C1CCCN1C(=O)c1cccs1. The van der Waals surface area contributed by atoms with Crippen LogP contribution in [0.5, 0.6) is 0 Å². The van der Waals surface area contributed by atoms with E-state index in [0.717, 1.165) is 30.6 Å². The van der Waals surface area contributed by atoms with Gasteiger partial charge in [0, 0.05) is 12.6 Å². The van der Waals surface area contributed by atoms with Gasteiger partial charge in [-0.05, 0) is 37.1 Å². The van der Waals surface area contributed by atoms with E-state index in [9.17, 15) is 9.59 Å². The second-order valence-corrected chi connectivity index (χ2v) is 6.93. The van der Waals surface area contributed by atoms with E-state index in [4.69, 9.17) is 0 Å². The lowest BCUT2D eigenvalue weighted by Gasteiger charge is -2.28. The minimum Gasteiger partial charge on any atom is -0.352 e. The fraction of sp³-hybridized carbons (Fsp3) is 0.625. The van der Waals surface area contributed by atoms with E-state index >= 15 is 0 Å². The van der Waals surface area contributed by atoms with Gasteiger partial charge in [-0.25, -0.2) is 0 Å². The molecular weight excluding hydrogens is 284 g/mol. The molecule has 2 fully saturated rings. The number of hydrogen-bond donors (Lipinski definition) is 1. The van der Waals surface area contributed by atoms with Crippen LogP contribution in [0.15, 0.2) is 17.5 Å². The average Bonchev–Trinajstić information content (AvgIpc) is 3.19. The molecule has 0 radical (unpaired) electrons. The molecule has 5 heteroatoms. The van der Waals surface area contributed by atoms with Crippen LogP contribution in [0, 0.1) is 0 Å².